The molecule has 1 aromatic carbocycles. The number of aromatic nitrogens is 1. The molecule has 2 unspecified atom stereocenters. The SMILES string of the molecule is C=CC(=O)NC1CC(C)N(S(=O)(=O)c2ccc(Oc3ncc(C(F)(F)F)cc3Cl)cc2)C(C)C1. The number of carbonyl (C=O) groups excluding carboxylic acids is 1. The first-order valence-corrected chi connectivity index (χ1v) is 12.1. The number of hydrogen-bond acceptors (Lipinski definition) is 5. The van der Waals surface area contributed by atoms with Gasteiger partial charge < -0.3 is 10.1 Å². The maximum atomic E-state index is 13.3. The summed E-state index contributed by atoms with van der Waals surface area (Å²) in [6.45, 7) is 6.97. The van der Waals surface area contributed by atoms with Gasteiger partial charge in [-0.25, -0.2) is 13.4 Å². The number of alkyl halides is 3. The van der Waals surface area contributed by atoms with E-state index in [1.54, 1.807) is 13.8 Å². The third-order valence-electron chi connectivity index (χ3n) is 5.40. The van der Waals surface area contributed by atoms with Crippen LogP contribution in [0.2, 0.25) is 5.02 Å². The number of halogens is 4. The van der Waals surface area contributed by atoms with E-state index in [1.165, 1.54) is 34.6 Å². The van der Waals surface area contributed by atoms with Crippen LogP contribution in [0.4, 0.5) is 13.2 Å². The quantitative estimate of drug-likeness (QED) is 0.557. The molecule has 0 radical (unpaired) electrons. The standard InChI is InChI=1S/C22H23ClF3N3O4S/c1-4-20(30)28-16-9-13(2)29(14(3)10-16)34(31,32)18-7-5-17(6-8-18)33-21-19(23)11-15(12-27-21)22(24,25)26/h4-8,11-14,16H,1,9-10H2,2-3H3,(H,28,30). The lowest BCUT2D eigenvalue weighted by molar-refractivity contribution is -0.137. The molecule has 0 aliphatic carbocycles. The van der Waals surface area contributed by atoms with Gasteiger partial charge in [0.2, 0.25) is 21.8 Å². The Morgan fingerprint density at radius 3 is 2.32 bits per heavy atom. The minimum Gasteiger partial charge on any atom is -0.438 e. The van der Waals surface area contributed by atoms with E-state index in [0.29, 0.717) is 25.1 Å². The lowest BCUT2D eigenvalue weighted by Gasteiger charge is -2.41. The van der Waals surface area contributed by atoms with Gasteiger partial charge in [-0.15, -0.1) is 0 Å². The highest BCUT2D eigenvalue weighted by atomic mass is 35.5. The first-order chi connectivity index (χ1) is 15.8. The van der Waals surface area contributed by atoms with Crippen LogP contribution in [0.5, 0.6) is 11.6 Å². The molecular formula is C22H23ClF3N3O4S. The number of nitrogens with one attached hydrogen (secondary N) is 1. The molecule has 12 heteroatoms. The lowest BCUT2D eigenvalue weighted by Crippen LogP contribution is -2.54. The van der Waals surface area contributed by atoms with Crippen LogP contribution in [0.25, 0.3) is 0 Å². The van der Waals surface area contributed by atoms with E-state index in [0.717, 1.165) is 0 Å². The summed E-state index contributed by atoms with van der Waals surface area (Å²) in [5.74, 6) is -0.393. The van der Waals surface area contributed by atoms with Crippen molar-refractivity contribution in [3.05, 3.63) is 59.8 Å². The number of pyridine rings is 1. The van der Waals surface area contributed by atoms with Crippen molar-refractivity contribution in [1.29, 1.82) is 0 Å². The normalized spacial score (nSPS) is 21.6. The van der Waals surface area contributed by atoms with Gasteiger partial charge in [0.15, 0.2) is 0 Å². The van der Waals surface area contributed by atoms with Crippen LogP contribution in [-0.4, -0.2) is 41.7 Å². The molecule has 2 heterocycles. The Hall–Kier alpha value is -2.63. The number of carbonyl (C=O) groups is 1. The van der Waals surface area contributed by atoms with E-state index < -0.39 is 21.8 Å². The Morgan fingerprint density at radius 1 is 1.24 bits per heavy atom. The molecule has 1 fully saturated rings. The Kier molecular flexibility index (Phi) is 7.59. The van der Waals surface area contributed by atoms with Crippen molar-refractivity contribution in [2.45, 2.75) is 55.9 Å². The highest BCUT2D eigenvalue weighted by molar-refractivity contribution is 7.89. The van der Waals surface area contributed by atoms with E-state index >= 15 is 0 Å². The number of nitrogens with zero attached hydrogens (tertiary/aromatic N) is 2. The van der Waals surface area contributed by atoms with Crippen LogP contribution in [0.15, 0.2) is 54.1 Å². The van der Waals surface area contributed by atoms with Crippen LogP contribution in [0, 0.1) is 0 Å². The van der Waals surface area contributed by atoms with Gasteiger partial charge in [-0.05, 0) is 63.1 Å². The molecule has 1 N–H and O–H groups in total. The van der Waals surface area contributed by atoms with Crippen molar-refractivity contribution in [3.63, 3.8) is 0 Å². The molecule has 1 aromatic heterocycles. The number of piperidine rings is 1. The van der Waals surface area contributed by atoms with E-state index in [4.69, 9.17) is 16.3 Å². The first-order valence-electron chi connectivity index (χ1n) is 10.3. The summed E-state index contributed by atoms with van der Waals surface area (Å²) < 4.78 is 71.7. The van der Waals surface area contributed by atoms with Gasteiger partial charge in [0.25, 0.3) is 0 Å². The van der Waals surface area contributed by atoms with Crippen LogP contribution in [0.1, 0.15) is 32.3 Å². The van der Waals surface area contributed by atoms with Gasteiger partial charge in [-0.2, -0.15) is 17.5 Å². The Bertz CT molecular complexity index is 1160. The molecule has 1 saturated heterocycles. The number of hydrogen-bond donors (Lipinski definition) is 1. The molecule has 1 aliphatic heterocycles. The average molecular weight is 518 g/mol. The van der Waals surface area contributed by atoms with Crippen LogP contribution >= 0.6 is 11.6 Å². The van der Waals surface area contributed by atoms with Crippen LogP contribution < -0.4 is 10.1 Å². The molecule has 34 heavy (non-hydrogen) atoms. The summed E-state index contributed by atoms with van der Waals surface area (Å²) in [5.41, 5.74) is -1.01. The zero-order valence-corrected chi connectivity index (χ0v) is 19.9. The summed E-state index contributed by atoms with van der Waals surface area (Å²) in [6.07, 6.45) is -1.92. The summed E-state index contributed by atoms with van der Waals surface area (Å²) >= 11 is 5.85. The number of ether oxygens (including phenoxy) is 1. The molecule has 1 amide bonds. The predicted molar refractivity (Wildman–Crippen MR) is 120 cm³/mol. The second-order valence-electron chi connectivity index (χ2n) is 8.00. The molecule has 2 aromatic rings. The Balaban J connectivity index is 1.75. The molecule has 1 aliphatic rings. The molecular weight excluding hydrogens is 495 g/mol. The summed E-state index contributed by atoms with van der Waals surface area (Å²) in [5, 5.41) is 2.48. The Morgan fingerprint density at radius 2 is 1.82 bits per heavy atom. The van der Waals surface area contributed by atoms with E-state index in [-0.39, 0.29) is 45.6 Å². The highest BCUT2D eigenvalue weighted by Crippen LogP contribution is 2.35. The van der Waals surface area contributed by atoms with Gasteiger partial charge in [0, 0.05) is 24.3 Å². The van der Waals surface area contributed by atoms with Crippen molar-refractivity contribution in [1.82, 2.24) is 14.6 Å². The van der Waals surface area contributed by atoms with Crippen molar-refractivity contribution < 1.29 is 31.1 Å². The zero-order valence-electron chi connectivity index (χ0n) is 18.3. The third kappa shape index (κ3) is 5.70. The van der Waals surface area contributed by atoms with Crippen molar-refractivity contribution in [2.24, 2.45) is 0 Å². The van der Waals surface area contributed by atoms with Gasteiger partial charge in [0.1, 0.15) is 10.8 Å². The molecule has 0 saturated carbocycles. The smallest absolute Gasteiger partial charge is 0.417 e. The Labute approximate surface area is 200 Å². The van der Waals surface area contributed by atoms with Crippen LogP contribution in [-0.2, 0) is 21.0 Å². The summed E-state index contributed by atoms with van der Waals surface area (Å²) in [4.78, 5) is 15.2. The average Bonchev–Trinajstić information content (AvgIpc) is 2.74. The van der Waals surface area contributed by atoms with Crippen molar-refractivity contribution in [2.75, 3.05) is 0 Å². The zero-order chi connectivity index (χ0) is 25.3. The monoisotopic (exact) mass is 517 g/mol. The maximum absolute atomic E-state index is 13.3. The fraction of sp³-hybridized carbons (Fsp3) is 0.364. The van der Waals surface area contributed by atoms with Gasteiger partial charge >= 0.3 is 6.18 Å². The molecule has 7 nitrogen and oxygen atoms in total. The maximum Gasteiger partial charge on any atom is 0.417 e. The number of rotatable bonds is 6. The molecule has 0 spiro atoms. The lowest BCUT2D eigenvalue weighted by atomic mass is 9.95. The van der Waals surface area contributed by atoms with Crippen LogP contribution in [0.3, 0.4) is 0 Å². The van der Waals surface area contributed by atoms with Gasteiger partial charge in [-0.3, -0.25) is 4.79 Å². The molecule has 0 bridgehead atoms. The van der Waals surface area contributed by atoms with Crippen molar-refractivity contribution in [3.8, 4) is 11.6 Å². The van der Waals surface area contributed by atoms with E-state index in [1.807, 2.05) is 0 Å². The highest BCUT2D eigenvalue weighted by Gasteiger charge is 2.39. The van der Waals surface area contributed by atoms with Crippen molar-refractivity contribution >= 4 is 27.5 Å². The first kappa shape index (κ1) is 26.0. The number of sulfonamides is 1. The minimum atomic E-state index is -4.59. The van der Waals surface area contributed by atoms with E-state index in [2.05, 4.69) is 16.9 Å². The van der Waals surface area contributed by atoms with E-state index in [9.17, 15) is 26.4 Å². The number of amides is 1. The molecule has 2 atom stereocenters. The predicted octanol–water partition coefficient (Wildman–Crippen LogP) is 4.78. The molecule has 184 valence electrons. The summed E-state index contributed by atoms with van der Waals surface area (Å²) in [6, 6.07) is 5.22. The minimum absolute atomic E-state index is 0.0265. The molecule has 3 rings (SSSR count). The summed E-state index contributed by atoms with van der Waals surface area (Å²) in [7, 11) is -3.86. The second-order valence-corrected chi connectivity index (χ2v) is 10.2. The largest absolute Gasteiger partial charge is 0.438 e. The van der Waals surface area contributed by atoms with Gasteiger partial charge in [0.05, 0.1) is 10.5 Å². The topological polar surface area (TPSA) is 88.6 Å². The third-order valence-corrected chi connectivity index (χ3v) is 7.81. The fourth-order valence-corrected chi connectivity index (χ4v) is 6.03. The van der Waals surface area contributed by atoms with Gasteiger partial charge in [-0.1, -0.05) is 18.2 Å². The second kappa shape index (κ2) is 9.93. The number of benzene rings is 1. The fourth-order valence-electron chi connectivity index (χ4n) is 3.98.